The minimum Gasteiger partial charge on any atom is -0.497 e. The number of sulfonamides is 2. The van der Waals surface area contributed by atoms with Crippen LogP contribution < -0.4 is 19.5 Å². The summed E-state index contributed by atoms with van der Waals surface area (Å²) in [6.07, 6.45) is 0. The van der Waals surface area contributed by atoms with E-state index in [2.05, 4.69) is 24.7 Å². The normalized spacial score (nSPS) is 12.1. The van der Waals surface area contributed by atoms with Gasteiger partial charge in [-0.25, -0.2) is 26.8 Å². The lowest BCUT2D eigenvalue weighted by Gasteiger charge is -2.21. The fourth-order valence-electron chi connectivity index (χ4n) is 4.42. The molecule has 0 bridgehead atoms. The zero-order valence-electron chi connectivity index (χ0n) is 24.9. The molecule has 0 aliphatic carbocycles. The molecule has 0 aliphatic heterocycles. The van der Waals surface area contributed by atoms with Crippen molar-refractivity contribution in [3.63, 3.8) is 0 Å². The molecule has 0 unspecified atom stereocenters. The van der Waals surface area contributed by atoms with Gasteiger partial charge in [-0.15, -0.1) is 0 Å². The molecule has 0 fully saturated rings. The highest BCUT2D eigenvalue weighted by molar-refractivity contribution is 7.93. The Balaban J connectivity index is 1.44. The highest BCUT2D eigenvalue weighted by Gasteiger charge is 2.24. The molecule has 0 spiro atoms. The van der Waals surface area contributed by atoms with E-state index in [9.17, 15) is 16.8 Å². The number of aromatic nitrogens is 2. The Kier molecular flexibility index (Phi) is 8.23. The van der Waals surface area contributed by atoms with Gasteiger partial charge in [0.15, 0.2) is 11.6 Å². The molecular formula is C32H33N5O5S2. The van der Waals surface area contributed by atoms with Crippen LogP contribution in [0, 0.1) is 6.92 Å². The van der Waals surface area contributed by atoms with Gasteiger partial charge >= 0.3 is 0 Å². The Labute approximate surface area is 257 Å². The molecular weight excluding hydrogens is 599 g/mol. The summed E-state index contributed by atoms with van der Waals surface area (Å²) in [5.41, 5.74) is 3.18. The Hall–Kier alpha value is -4.68. The van der Waals surface area contributed by atoms with Crippen molar-refractivity contribution in [3.8, 4) is 5.75 Å². The number of hydrogen-bond donors (Lipinski definition) is 3. The highest BCUT2D eigenvalue weighted by Crippen LogP contribution is 2.31. The van der Waals surface area contributed by atoms with Gasteiger partial charge in [0.1, 0.15) is 5.75 Å². The second-order valence-electron chi connectivity index (χ2n) is 11.2. The predicted octanol–water partition coefficient (Wildman–Crippen LogP) is 6.59. The maximum Gasteiger partial charge on any atom is 0.263 e. The van der Waals surface area contributed by atoms with Gasteiger partial charge in [0.25, 0.3) is 20.0 Å². The van der Waals surface area contributed by atoms with Crippen molar-refractivity contribution in [1.82, 2.24) is 9.97 Å². The van der Waals surface area contributed by atoms with E-state index in [-0.39, 0.29) is 26.8 Å². The average Bonchev–Trinajstić information content (AvgIpc) is 2.97. The number of para-hydroxylation sites is 2. The summed E-state index contributed by atoms with van der Waals surface area (Å²) in [4.78, 5) is 9.46. The topological polar surface area (TPSA) is 139 Å². The third kappa shape index (κ3) is 6.76. The van der Waals surface area contributed by atoms with Crippen LogP contribution in [0.4, 0.5) is 23.0 Å². The summed E-state index contributed by atoms with van der Waals surface area (Å²) in [6, 6.07) is 25.1. The second-order valence-corrected chi connectivity index (χ2v) is 14.6. The van der Waals surface area contributed by atoms with Crippen LogP contribution >= 0.6 is 0 Å². The lowest BCUT2D eigenvalue weighted by molar-refractivity contribution is 0.414. The predicted molar refractivity (Wildman–Crippen MR) is 174 cm³/mol. The molecule has 3 N–H and O–H groups in total. The third-order valence-electron chi connectivity index (χ3n) is 6.91. The molecule has 0 amide bonds. The van der Waals surface area contributed by atoms with Crippen molar-refractivity contribution in [3.05, 3.63) is 102 Å². The number of anilines is 4. The van der Waals surface area contributed by atoms with Gasteiger partial charge in [-0.1, -0.05) is 45.0 Å². The van der Waals surface area contributed by atoms with Crippen molar-refractivity contribution < 1.29 is 21.6 Å². The van der Waals surface area contributed by atoms with Crippen LogP contribution in [-0.4, -0.2) is 33.9 Å². The fraction of sp³-hybridized carbons (Fsp3) is 0.188. The maximum absolute atomic E-state index is 13.7. The van der Waals surface area contributed by atoms with Gasteiger partial charge < -0.3 is 10.1 Å². The number of hydrogen-bond acceptors (Lipinski definition) is 8. The molecule has 12 heteroatoms. The Morgan fingerprint density at radius 2 is 1.27 bits per heavy atom. The number of ether oxygens (including phenoxy) is 1. The Bertz CT molecular complexity index is 2040. The average molecular weight is 632 g/mol. The summed E-state index contributed by atoms with van der Waals surface area (Å²) in [7, 11) is -6.37. The van der Waals surface area contributed by atoms with Crippen LogP contribution in [0.1, 0.15) is 31.9 Å². The van der Waals surface area contributed by atoms with E-state index in [0.717, 1.165) is 5.56 Å². The Morgan fingerprint density at radius 1 is 0.682 bits per heavy atom. The molecule has 228 valence electrons. The number of benzene rings is 4. The van der Waals surface area contributed by atoms with Crippen LogP contribution in [-0.2, 0) is 25.5 Å². The molecule has 10 nitrogen and oxygen atoms in total. The van der Waals surface area contributed by atoms with E-state index in [1.54, 1.807) is 73.7 Å². The van der Waals surface area contributed by atoms with Crippen molar-refractivity contribution >= 4 is 54.1 Å². The molecule has 44 heavy (non-hydrogen) atoms. The number of nitrogens with zero attached hydrogens (tertiary/aromatic N) is 2. The molecule has 0 saturated heterocycles. The molecule has 0 saturated carbocycles. The number of methoxy groups -OCH3 is 1. The molecule has 5 aromatic rings. The van der Waals surface area contributed by atoms with Crippen LogP contribution in [0.2, 0.25) is 0 Å². The van der Waals surface area contributed by atoms with Gasteiger partial charge in [0.05, 0.1) is 27.9 Å². The summed E-state index contributed by atoms with van der Waals surface area (Å²) in [5.74, 6) is 0.753. The van der Waals surface area contributed by atoms with Gasteiger partial charge in [0, 0.05) is 11.4 Å². The minimum atomic E-state index is -4.05. The van der Waals surface area contributed by atoms with Crippen LogP contribution in [0.15, 0.2) is 101 Å². The van der Waals surface area contributed by atoms with Crippen molar-refractivity contribution in [2.45, 2.75) is 42.9 Å². The lowest BCUT2D eigenvalue weighted by atomic mass is 9.87. The quantitative estimate of drug-likeness (QED) is 0.166. The fourth-order valence-corrected chi connectivity index (χ4v) is 6.76. The van der Waals surface area contributed by atoms with Gasteiger partial charge in [-0.05, 0) is 90.2 Å². The molecule has 5 rings (SSSR count). The largest absolute Gasteiger partial charge is 0.497 e. The first-order valence-electron chi connectivity index (χ1n) is 13.7. The second kappa shape index (κ2) is 11.8. The number of aryl methyl sites for hydroxylation is 1. The monoisotopic (exact) mass is 631 g/mol. The van der Waals surface area contributed by atoms with Crippen molar-refractivity contribution in [1.29, 1.82) is 0 Å². The maximum atomic E-state index is 13.7. The summed E-state index contributed by atoms with van der Waals surface area (Å²) < 4.78 is 63.4. The van der Waals surface area contributed by atoms with E-state index in [0.29, 0.717) is 33.7 Å². The zero-order chi connectivity index (χ0) is 31.7. The van der Waals surface area contributed by atoms with Crippen LogP contribution in [0.3, 0.4) is 0 Å². The van der Waals surface area contributed by atoms with Crippen LogP contribution in [0.5, 0.6) is 5.75 Å². The molecule has 1 heterocycles. The molecule has 0 aliphatic rings. The van der Waals surface area contributed by atoms with E-state index < -0.39 is 20.0 Å². The summed E-state index contributed by atoms with van der Waals surface area (Å²) >= 11 is 0. The smallest absolute Gasteiger partial charge is 0.263 e. The van der Waals surface area contributed by atoms with Gasteiger partial charge in [-0.2, -0.15) is 0 Å². The molecule has 1 aromatic heterocycles. The first kappa shape index (κ1) is 30.8. The van der Waals surface area contributed by atoms with E-state index in [4.69, 9.17) is 4.74 Å². The molecule has 4 aromatic carbocycles. The number of nitrogens with one attached hydrogen (secondary N) is 3. The van der Waals surface area contributed by atoms with E-state index >= 15 is 0 Å². The standard InChI is InChI=1S/C32H33N5O5S2/c1-21-10-11-22(32(2,3)4)20-29(21)44(40,41)37-31-30(34-27-8-6-7-9-28(27)35-31)33-23-12-14-24(15-13-23)36-43(38,39)26-18-16-25(42-5)17-19-26/h6-20,36H,1-5H3,(H,33,34)(H,35,37). The number of rotatable bonds is 9. The van der Waals surface area contributed by atoms with Crippen molar-refractivity contribution in [2.75, 3.05) is 21.9 Å². The van der Waals surface area contributed by atoms with Gasteiger partial charge in [0.2, 0.25) is 0 Å². The SMILES string of the molecule is COc1ccc(S(=O)(=O)Nc2ccc(Nc3nc4ccccc4nc3NS(=O)(=O)c3cc(C(C)(C)C)ccc3C)cc2)cc1. The van der Waals surface area contributed by atoms with Crippen molar-refractivity contribution in [2.24, 2.45) is 0 Å². The van der Waals surface area contributed by atoms with Gasteiger partial charge in [-0.3, -0.25) is 9.44 Å². The number of fused-ring (bicyclic) bond motifs is 1. The minimum absolute atomic E-state index is 0.0218. The van der Waals surface area contributed by atoms with Crippen LogP contribution in [0.25, 0.3) is 11.0 Å². The third-order valence-corrected chi connectivity index (χ3v) is 9.79. The Morgan fingerprint density at radius 3 is 1.86 bits per heavy atom. The van der Waals surface area contributed by atoms with E-state index in [1.807, 2.05) is 32.9 Å². The molecule has 0 radical (unpaired) electrons. The summed E-state index contributed by atoms with van der Waals surface area (Å²) in [6.45, 7) is 7.81. The van der Waals surface area contributed by atoms with E-state index in [1.165, 1.54) is 19.2 Å². The lowest BCUT2D eigenvalue weighted by Crippen LogP contribution is -2.19. The first-order valence-corrected chi connectivity index (χ1v) is 16.7. The zero-order valence-corrected chi connectivity index (χ0v) is 26.5. The summed E-state index contributed by atoms with van der Waals surface area (Å²) in [5, 5.41) is 3.13. The highest BCUT2D eigenvalue weighted by atomic mass is 32.2. The molecule has 0 atom stereocenters. The first-order chi connectivity index (χ1) is 20.7.